The first kappa shape index (κ1) is 16.4. The average molecular weight is 294 g/mol. The molecule has 0 saturated carbocycles. The molecule has 0 aliphatic heterocycles. The Hall–Kier alpha value is -1.96. The van der Waals surface area contributed by atoms with Gasteiger partial charge in [-0.2, -0.15) is 10.2 Å². The van der Waals surface area contributed by atoms with Gasteiger partial charge in [0, 0.05) is 0 Å². The molecule has 0 radical (unpaired) electrons. The highest BCUT2D eigenvalue weighted by Gasteiger charge is 1.96. The molecule has 22 heavy (non-hydrogen) atoms. The number of nitrogens with zero attached hydrogens (tertiary/aromatic N) is 2. The topological polar surface area (TPSA) is 24.7 Å². The van der Waals surface area contributed by atoms with Gasteiger partial charge in [0.25, 0.3) is 0 Å². The summed E-state index contributed by atoms with van der Waals surface area (Å²) in [6.45, 7) is 2.26. The maximum Gasteiger partial charge on any atom is 0.0857 e. The zero-order valence-corrected chi connectivity index (χ0v) is 13.5. The van der Waals surface area contributed by atoms with E-state index in [0.29, 0.717) is 0 Å². The summed E-state index contributed by atoms with van der Waals surface area (Å²) in [4.78, 5) is 0. The van der Waals surface area contributed by atoms with Crippen LogP contribution in [0.4, 0.5) is 11.4 Å². The van der Waals surface area contributed by atoms with Crippen molar-refractivity contribution in [2.75, 3.05) is 0 Å². The summed E-state index contributed by atoms with van der Waals surface area (Å²) in [6.07, 6.45) is 9.25. The van der Waals surface area contributed by atoms with Gasteiger partial charge in [0.15, 0.2) is 0 Å². The lowest BCUT2D eigenvalue weighted by Crippen LogP contribution is -1.85. The minimum Gasteiger partial charge on any atom is -0.151 e. The molecular formula is C20H26N2. The summed E-state index contributed by atoms with van der Waals surface area (Å²) in [5.41, 5.74) is 3.20. The molecule has 0 spiro atoms. The zero-order chi connectivity index (χ0) is 15.5. The molecule has 0 aliphatic rings. The molecule has 0 fully saturated rings. The fraction of sp³-hybridized carbons (Fsp3) is 0.400. The zero-order valence-electron chi connectivity index (χ0n) is 13.5. The Morgan fingerprint density at radius 2 is 1.23 bits per heavy atom. The van der Waals surface area contributed by atoms with Crippen LogP contribution in [0.3, 0.4) is 0 Å². The molecule has 2 heteroatoms. The molecule has 116 valence electrons. The molecule has 2 aromatic carbocycles. The van der Waals surface area contributed by atoms with Crippen LogP contribution in [0.1, 0.15) is 51.0 Å². The molecule has 0 amide bonds. The van der Waals surface area contributed by atoms with E-state index < -0.39 is 0 Å². The Bertz CT molecular complexity index is 544. The van der Waals surface area contributed by atoms with Gasteiger partial charge in [-0.05, 0) is 42.7 Å². The smallest absolute Gasteiger partial charge is 0.0857 e. The van der Waals surface area contributed by atoms with Crippen LogP contribution < -0.4 is 0 Å². The van der Waals surface area contributed by atoms with Crippen molar-refractivity contribution in [1.29, 1.82) is 0 Å². The first-order valence-corrected chi connectivity index (χ1v) is 8.44. The Kier molecular flexibility index (Phi) is 7.37. The lowest BCUT2D eigenvalue weighted by Gasteiger charge is -2.02. The maximum absolute atomic E-state index is 4.27. The van der Waals surface area contributed by atoms with E-state index in [-0.39, 0.29) is 0 Å². The number of hydrogen-bond donors (Lipinski definition) is 0. The normalized spacial score (nSPS) is 11.1. The second-order valence-corrected chi connectivity index (χ2v) is 5.72. The van der Waals surface area contributed by atoms with Gasteiger partial charge in [0.1, 0.15) is 0 Å². The summed E-state index contributed by atoms with van der Waals surface area (Å²) >= 11 is 0. The Labute approximate surface area is 134 Å². The van der Waals surface area contributed by atoms with Gasteiger partial charge in [0.2, 0.25) is 0 Å². The molecule has 0 aliphatic carbocycles. The number of benzene rings is 2. The van der Waals surface area contributed by atoms with Crippen LogP contribution in [0, 0.1) is 0 Å². The van der Waals surface area contributed by atoms with E-state index in [2.05, 4.69) is 41.4 Å². The predicted molar refractivity (Wildman–Crippen MR) is 94.1 cm³/mol. The Morgan fingerprint density at radius 1 is 0.636 bits per heavy atom. The van der Waals surface area contributed by atoms with Gasteiger partial charge >= 0.3 is 0 Å². The summed E-state index contributed by atoms with van der Waals surface area (Å²) in [6, 6.07) is 18.3. The lowest BCUT2D eigenvalue weighted by molar-refractivity contribution is 0.607. The van der Waals surface area contributed by atoms with Gasteiger partial charge < -0.3 is 0 Å². The van der Waals surface area contributed by atoms with Crippen LogP contribution in [-0.2, 0) is 6.42 Å². The van der Waals surface area contributed by atoms with Crippen LogP contribution in [0.25, 0.3) is 0 Å². The molecule has 0 aromatic heterocycles. The second-order valence-electron chi connectivity index (χ2n) is 5.72. The third-order valence-corrected chi connectivity index (χ3v) is 3.79. The van der Waals surface area contributed by atoms with Crippen molar-refractivity contribution in [3.63, 3.8) is 0 Å². The minimum atomic E-state index is 0.888. The fourth-order valence-electron chi connectivity index (χ4n) is 2.45. The first-order valence-electron chi connectivity index (χ1n) is 8.44. The largest absolute Gasteiger partial charge is 0.151 e. The summed E-state index contributed by atoms with van der Waals surface area (Å²) in [5.74, 6) is 0. The molecule has 2 aromatic rings. The molecular weight excluding hydrogens is 268 g/mol. The number of rotatable bonds is 9. The number of hydrogen-bond acceptors (Lipinski definition) is 2. The monoisotopic (exact) mass is 294 g/mol. The predicted octanol–water partition coefficient (Wildman–Crippen LogP) is 7.01. The van der Waals surface area contributed by atoms with Crippen molar-refractivity contribution in [3.8, 4) is 0 Å². The van der Waals surface area contributed by atoms with Crippen LogP contribution in [-0.4, -0.2) is 0 Å². The molecule has 0 saturated heterocycles. The van der Waals surface area contributed by atoms with Crippen LogP contribution in [0.5, 0.6) is 0 Å². The van der Waals surface area contributed by atoms with E-state index in [9.17, 15) is 0 Å². The maximum atomic E-state index is 4.27. The third-order valence-electron chi connectivity index (χ3n) is 3.79. The molecule has 0 N–H and O–H groups in total. The number of azo groups is 1. The molecule has 0 unspecified atom stereocenters. The van der Waals surface area contributed by atoms with Gasteiger partial charge in [-0.25, -0.2) is 0 Å². The molecule has 0 bridgehead atoms. The molecule has 0 heterocycles. The van der Waals surface area contributed by atoms with Crippen LogP contribution >= 0.6 is 0 Å². The van der Waals surface area contributed by atoms with E-state index in [1.165, 1.54) is 50.5 Å². The minimum absolute atomic E-state index is 0.888. The van der Waals surface area contributed by atoms with Gasteiger partial charge in [-0.15, -0.1) is 0 Å². The van der Waals surface area contributed by atoms with Crippen molar-refractivity contribution < 1.29 is 0 Å². The van der Waals surface area contributed by atoms with E-state index in [1.54, 1.807) is 0 Å². The van der Waals surface area contributed by atoms with Gasteiger partial charge in [-0.1, -0.05) is 69.4 Å². The fourth-order valence-corrected chi connectivity index (χ4v) is 2.45. The first-order chi connectivity index (χ1) is 10.9. The average Bonchev–Trinajstić information content (AvgIpc) is 2.58. The van der Waals surface area contributed by atoms with E-state index in [0.717, 1.165) is 11.4 Å². The highest BCUT2D eigenvalue weighted by molar-refractivity contribution is 5.40. The van der Waals surface area contributed by atoms with Crippen LogP contribution in [0.15, 0.2) is 64.8 Å². The second kappa shape index (κ2) is 9.88. The molecule has 2 nitrogen and oxygen atoms in total. The van der Waals surface area contributed by atoms with Crippen LogP contribution in [0.2, 0.25) is 0 Å². The van der Waals surface area contributed by atoms with Crippen molar-refractivity contribution in [3.05, 3.63) is 60.2 Å². The summed E-state index contributed by atoms with van der Waals surface area (Å²) in [7, 11) is 0. The van der Waals surface area contributed by atoms with Gasteiger partial charge in [0.05, 0.1) is 11.4 Å². The highest BCUT2D eigenvalue weighted by Crippen LogP contribution is 2.19. The summed E-state index contributed by atoms with van der Waals surface area (Å²) < 4.78 is 0. The van der Waals surface area contributed by atoms with Crippen molar-refractivity contribution in [1.82, 2.24) is 0 Å². The highest BCUT2D eigenvalue weighted by atomic mass is 15.1. The van der Waals surface area contributed by atoms with Crippen molar-refractivity contribution in [2.24, 2.45) is 10.2 Å². The Morgan fingerprint density at radius 3 is 1.91 bits per heavy atom. The molecule has 0 atom stereocenters. The van der Waals surface area contributed by atoms with Crippen molar-refractivity contribution >= 4 is 11.4 Å². The SMILES string of the molecule is CCCCCCCCc1ccc(/N=N/c2ccccc2)cc1. The number of aryl methyl sites for hydroxylation is 1. The third kappa shape index (κ3) is 6.21. The Balaban J connectivity index is 1.74. The quantitative estimate of drug-likeness (QED) is 0.351. The lowest BCUT2D eigenvalue weighted by atomic mass is 10.0. The van der Waals surface area contributed by atoms with E-state index in [1.807, 2.05) is 30.3 Å². The van der Waals surface area contributed by atoms with E-state index in [4.69, 9.17) is 0 Å². The van der Waals surface area contributed by atoms with Gasteiger partial charge in [-0.3, -0.25) is 0 Å². The number of unbranched alkanes of at least 4 members (excludes halogenated alkanes) is 5. The van der Waals surface area contributed by atoms with E-state index >= 15 is 0 Å². The van der Waals surface area contributed by atoms with Crippen molar-refractivity contribution in [2.45, 2.75) is 51.9 Å². The summed E-state index contributed by atoms with van der Waals surface area (Å²) in [5, 5.41) is 8.51. The standard InChI is InChI=1S/C20H26N2/c1-2-3-4-5-6-8-11-18-14-16-20(17-15-18)22-21-19-12-9-7-10-13-19/h7,9-10,12-17H,2-6,8,11H2,1H3/b22-21+. The molecule has 2 rings (SSSR count).